The monoisotopic (exact) mass is 268 g/mol. The maximum Gasteiger partial charge on any atom is 0.226 e. The van der Waals surface area contributed by atoms with Gasteiger partial charge in [-0.25, -0.2) is 0 Å². The van der Waals surface area contributed by atoms with Crippen LogP contribution in [-0.4, -0.2) is 37.7 Å². The minimum atomic E-state index is -0.138. The number of amides is 1. The first-order valence-corrected chi connectivity index (χ1v) is 7.71. The molecule has 2 aliphatic heterocycles. The van der Waals surface area contributed by atoms with Crippen LogP contribution in [0.15, 0.2) is 0 Å². The molecule has 2 heterocycles. The van der Waals surface area contributed by atoms with Crippen LogP contribution >= 0.6 is 0 Å². The third-order valence-electron chi connectivity index (χ3n) is 4.78. The van der Waals surface area contributed by atoms with Crippen molar-refractivity contribution in [1.29, 1.82) is 0 Å². The normalized spacial score (nSPS) is 25.8. The molecule has 2 aliphatic rings. The summed E-state index contributed by atoms with van der Waals surface area (Å²) in [6, 6.07) is 0. The number of rotatable bonds is 4. The summed E-state index contributed by atoms with van der Waals surface area (Å²) in [5.74, 6) is 0.278. The van der Waals surface area contributed by atoms with Gasteiger partial charge in [0.05, 0.1) is 5.41 Å². The van der Waals surface area contributed by atoms with Crippen LogP contribution in [0.5, 0.6) is 0 Å². The second kappa shape index (κ2) is 6.23. The topological polar surface area (TPSA) is 50.4 Å². The lowest BCUT2D eigenvalue weighted by Crippen LogP contribution is -2.56. The number of nitrogens with one attached hydrogen (secondary N) is 2. The van der Waals surface area contributed by atoms with Crippen molar-refractivity contribution >= 4 is 5.91 Å². The Labute approximate surface area is 116 Å². The molecule has 0 aromatic rings. The molecule has 4 nitrogen and oxygen atoms in total. The lowest BCUT2D eigenvalue weighted by atomic mass is 9.73. The molecule has 0 spiro atoms. The lowest BCUT2D eigenvalue weighted by molar-refractivity contribution is -0.136. The van der Waals surface area contributed by atoms with Crippen molar-refractivity contribution in [2.75, 3.05) is 26.3 Å². The van der Waals surface area contributed by atoms with E-state index in [9.17, 15) is 4.79 Å². The first-order chi connectivity index (χ1) is 9.10. The van der Waals surface area contributed by atoms with E-state index >= 15 is 0 Å². The van der Waals surface area contributed by atoms with Gasteiger partial charge in [-0.15, -0.1) is 0 Å². The molecule has 2 fully saturated rings. The molecule has 2 N–H and O–H groups in total. The zero-order valence-corrected chi connectivity index (χ0v) is 12.4. The molecule has 0 aromatic heterocycles. The first kappa shape index (κ1) is 14.8. The summed E-state index contributed by atoms with van der Waals surface area (Å²) in [7, 11) is 0. The van der Waals surface area contributed by atoms with Gasteiger partial charge in [-0.3, -0.25) is 4.79 Å². The molecule has 0 atom stereocenters. The minimum Gasteiger partial charge on any atom is -0.381 e. The third-order valence-corrected chi connectivity index (χ3v) is 4.78. The first-order valence-electron chi connectivity index (χ1n) is 7.71. The van der Waals surface area contributed by atoms with Gasteiger partial charge in [0.2, 0.25) is 5.91 Å². The molecular weight excluding hydrogens is 240 g/mol. The Hall–Kier alpha value is -0.610. The fourth-order valence-corrected chi connectivity index (χ4v) is 3.33. The highest BCUT2D eigenvalue weighted by molar-refractivity contribution is 5.83. The zero-order chi connectivity index (χ0) is 13.8. The van der Waals surface area contributed by atoms with Gasteiger partial charge in [0.1, 0.15) is 0 Å². The van der Waals surface area contributed by atoms with Crippen LogP contribution in [-0.2, 0) is 9.53 Å². The summed E-state index contributed by atoms with van der Waals surface area (Å²) < 4.78 is 5.40. The maximum absolute atomic E-state index is 12.8. The van der Waals surface area contributed by atoms with Gasteiger partial charge in [-0.1, -0.05) is 13.3 Å². The van der Waals surface area contributed by atoms with Crippen molar-refractivity contribution in [2.45, 2.75) is 57.9 Å². The summed E-state index contributed by atoms with van der Waals surface area (Å²) >= 11 is 0. The van der Waals surface area contributed by atoms with E-state index in [1.165, 1.54) is 0 Å². The molecule has 1 amide bonds. The second-order valence-corrected chi connectivity index (χ2v) is 6.41. The molecule has 0 saturated carbocycles. The number of piperidine rings is 1. The highest BCUT2D eigenvalue weighted by atomic mass is 16.5. The molecule has 4 heteroatoms. The van der Waals surface area contributed by atoms with Gasteiger partial charge in [-0.2, -0.15) is 0 Å². The molecular formula is C15H28N2O2. The summed E-state index contributed by atoms with van der Waals surface area (Å²) in [4.78, 5) is 12.8. The number of carbonyl (C=O) groups excluding carboxylic acids is 1. The average Bonchev–Trinajstić information content (AvgIpc) is 2.40. The SMILES string of the molecule is CCCC1(C(=O)NC2(C)CCOCC2)CCNCC1. The van der Waals surface area contributed by atoms with Crippen molar-refractivity contribution in [1.82, 2.24) is 10.6 Å². The van der Waals surface area contributed by atoms with E-state index in [1.54, 1.807) is 0 Å². The minimum absolute atomic E-state index is 0.0685. The van der Waals surface area contributed by atoms with Gasteiger partial charge >= 0.3 is 0 Å². The Bertz CT molecular complexity index is 300. The Kier molecular flexibility index (Phi) is 4.85. The highest BCUT2D eigenvalue weighted by Gasteiger charge is 2.41. The van der Waals surface area contributed by atoms with E-state index in [-0.39, 0.29) is 16.9 Å². The summed E-state index contributed by atoms with van der Waals surface area (Å²) in [5, 5.41) is 6.71. The molecule has 0 unspecified atom stereocenters. The van der Waals surface area contributed by atoms with E-state index in [0.717, 1.165) is 64.8 Å². The second-order valence-electron chi connectivity index (χ2n) is 6.41. The smallest absolute Gasteiger partial charge is 0.226 e. The van der Waals surface area contributed by atoms with Gasteiger partial charge in [0, 0.05) is 18.8 Å². The molecule has 0 radical (unpaired) electrons. The summed E-state index contributed by atoms with van der Waals surface area (Å²) in [6.45, 7) is 7.79. The van der Waals surface area contributed by atoms with Crippen molar-refractivity contribution < 1.29 is 9.53 Å². The van der Waals surface area contributed by atoms with Crippen molar-refractivity contribution in [3.05, 3.63) is 0 Å². The fourth-order valence-electron chi connectivity index (χ4n) is 3.33. The van der Waals surface area contributed by atoms with Gasteiger partial charge < -0.3 is 15.4 Å². The Morgan fingerprint density at radius 1 is 1.21 bits per heavy atom. The zero-order valence-electron chi connectivity index (χ0n) is 12.4. The van der Waals surface area contributed by atoms with E-state index < -0.39 is 0 Å². The largest absolute Gasteiger partial charge is 0.381 e. The average molecular weight is 268 g/mol. The highest BCUT2D eigenvalue weighted by Crippen LogP contribution is 2.35. The van der Waals surface area contributed by atoms with Crippen molar-refractivity contribution in [3.8, 4) is 0 Å². The third kappa shape index (κ3) is 3.48. The van der Waals surface area contributed by atoms with Crippen LogP contribution in [0, 0.1) is 5.41 Å². The summed E-state index contributed by atoms with van der Waals surface area (Å²) in [6.07, 6.45) is 5.89. The molecule has 19 heavy (non-hydrogen) atoms. The molecule has 0 aliphatic carbocycles. The molecule has 2 rings (SSSR count). The number of hydrogen-bond acceptors (Lipinski definition) is 3. The number of carbonyl (C=O) groups is 1. The fraction of sp³-hybridized carbons (Fsp3) is 0.933. The van der Waals surface area contributed by atoms with Crippen LogP contribution in [0.1, 0.15) is 52.4 Å². The molecule has 110 valence electrons. The van der Waals surface area contributed by atoms with E-state index in [2.05, 4.69) is 24.5 Å². The Morgan fingerprint density at radius 3 is 2.42 bits per heavy atom. The van der Waals surface area contributed by atoms with Gasteiger partial charge in [0.25, 0.3) is 0 Å². The maximum atomic E-state index is 12.8. The van der Waals surface area contributed by atoms with Crippen molar-refractivity contribution in [3.63, 3.8) is 0 Å². The predicted octanol–water partition coefficient (Wildman–Crippen LogP) is 1.84. The van der Waals surface area contributed by atoms with Crippen LogP contribution in [0.25, 0.3) is 0 Å². The van der Waals surface area contributed by atoms with Gasteiger partial charge in [-0.05, 0) is 52.1 Å². The van der Waals surface area contributed by atoms with Gasteiger partial charge in [0.15, 0.2) is 0 Å². The van der Waals surface area contributed by atoms with Crippen LogP contribution < -0.4 is 10.6 Å². The Balaban J connectivity index is 2.02. The van der Waals surface area contributed by atoms with E-state index in [0.29, 0.717) is 0 Å². The molecule has 2 saturated heterocycles. The van der Waals surface area contributed by atoms with Crippen molar-refractivity contribution in [2.24, 2.45) is 5.41 Å². The number of ether oxygens (including phenoxy) is 1. The Morgan fingerprint density at radius 2 is 1.84 bits per heavy atom. The van der Waals surface area contributed by atoms with Crippen LogP contribution in [0.2, 0.25) is 0 Å². The lowest BCUT2D eigenvalue weighted by Gasteiger charge is -2.41. The number of hydrogen-bond donors (Lipinski definition) is 2. The van der Waals surface area contributed by atoms with E-state index in [4.69, 9.17) is 4.74 Å². The predicted molar refractivity (Wildman–Crippen MR) is 76.0 cm³/mol. The standard InChI is InChI=1S/C15H28N2O2/c1-3-4-15(5-9-16-10-6-15)13(18)17-14(2)7-11-19-12-8-14/h16H,3-12H2,1-2H3,(H,17,18). The van der Waals surface area contributed by atoms with Crippen LogP contribution in [0.4, 0.5) is 0 Å². The summed E-state index contributed by atoms with van der Waals surface area (Å²) in [5.41, 5.74) is -0.206. The van der Waals surface area contributed by atoms with Crippen LogP contribution in [0.3, 0.4) is 0 Å². The quantitative estimate of drug-likeness (QED) is 0.818. The van der Waals surface area contributed by atoms with E-state index in [1.807, 2.05) is 0 Å². The molecule has 0 aromatic carbocycles. The molecule has 0 bridgehead atoms.